The number of benzene rings is 2. The summed E-state index contributed by atoms with van der Waals surface area (Å²) in [5, 5.41) is 2.84. The number of sulfonamides is 1. The maximum Gasteiger partial charge on any atom is 0.416 e. The van der Waals surface area contributed by atoms with Gasteiger partial charge < -0.3 is 10.2 Å². The van der Waals surface area contributed by atoms with Gasteiger partial charge in [0.15, 0.2) is 0 Å². The molecule has 7 nitrogen and oxygen atoms in total. The SMILES string of the molecule is CCCNC(=O)[C@@H](CC)N(Cc1cccc(C)c1)C(=O)CCCN(c1cccc(C(F)(F)F)c1)S(C)(=O)=O. The molecule has 0 unspecified atom stereocenters. The van der Waals surface area contributed by atoms with Gasteiger partial charge in [-0.2, -0.15) is 13.2 Å². The first kappa shape index (κ1) is 31.1. The molecule has 210 valence electrons. The number of halogens is 3. The van der Waals surface area contributed by atoms with E-state index in [-0.39, 0.29) is 43.4 Å². The van der Waals surface area contributed by atoms with Crippen LogP contribution in [0.25, 0.3) is 0 Å². The zero-order valence-corrected chi connectivity index (χ0v) is 23.0. The van der Waals surface area contributed by atoms with Crippen LogP contribution in [0.2, 0.25) is 0 Å². The molecule has 0 bridgehead atoms. The van der Waals surface area contributed by atoms with E-state index in [0.29, 0.717) is 13.0 Å². The molecule has 0 aliphatic carbocycles. The van der Waals surface area contributed by atoms with Gasteiger partial charge in [-0.05, 0) is 49.9 Å². The minimum absolute atomic E-state index is 0.0550. The Labute approximate surface area is 223 Å². The molecule has 0 fully saturated rings. The van der Waals surface area contributed by atoms with Gasteiger partial charge in [0.25, 0.3) is 0 Å². The Bertz CT molecular complexity index is 1200. The van der Waals surface area contributed by atoms with Crippen molar-refractivity contribution >= 4 is 27.5 Å². The molecule has 2 aromatic carbocycles. The lowest BCUT2D eigenvalue weighted by Crippen LogP contribution is -2.49. The summed E-state index contributed by atoms with van der Waals surface area (Å²) >= 11 is 0. The Morgan fingerprint density at radius 3 is 2.32 bits per heavy atom. The molecule has 38 heavy (non-hydrogen) atoms. The molecule has 0 heterocycles. The smallest absolute Gasteiger partial charge is 0.354 e. The van der Waals surface area contributed by atoms with Crippen LogP contribution in [0.4, 0.5) is 18.9 Å². The molecule has 2 rings (SSSR count). The number of nitrogens with zero attached hydrogens (tertiary/aromatic N) is 2. The van der Waals surface area contributed by atoms with Crippen LogP contribution in [-0.2, 0) is 32.3 Å². The lowest BCUT2D eigenvalue weighted by Gasteiger charge is -2.31. The lowest BCUT2D eigenvalue weighted by atomic mass is 10.1. The summed E-state index contributed by atoms with van der Waals surface area (Å²) in [6.07, 6.45) is -2.63. The number of alkyl halides is 3. The topological polar surface area (TPSA) is 86.8 Å². The van der Waals surface area contributed by atoms with Crippen molar-refractivity contribution in [1.82, 2.24) is 10.2 Å². The van der Waals surface area contributed by atoms with Crippen molar-refractivity contribution in [3.63, 3.8) is 0 Å². The van der Waals surface area contributed by atoms with Crippen LogP contribution in [0.3, 0.4) is 0 Å². The number of hydrogen-bond acceptors (Lipinski definition) is 4. The van der Waals surface area contributed by atoms with Crippen molar-refractivity contribution in [2.45, 2.75) is 65.2 Å². The third-order valence-electron chi connectivity index (χ3n) is 5.98. The van der Waals surface area contributed by atoms with Crippen molar-refractivity contribution < 1.29 is 31.2 Å². The van der Waals surface area contributed by atoms with Crippen molar-refractivity contribution in [2.75, 3.05) is 23.7 Å². The summed E-state index contributed by atoms with van der Waals surface area (Å²) in [6, 6.07) is 10.9. The molecule has 1 N–H and O–H groups in total. The van der Waals surface area contributed by atoms with Crippen LogP contribution >= 0.6 is 0 Å². The van der Waals surface area contributed by atoms with Crippen LogP contribution < -0.4 is 9.62 Å². The Hall–Kier alpha value is -3.08. The van der Waals surface area contributed by atoms with E-state index in [4.69, 9.17) is 0 Å². The van der Waals surface area contributed by atoms with E-state index in [1.54, 1.807) is 0 Å². The fourth-order valence-electron chi connectivity index (χ4n) is 4.13. The molecular formula is C27H36F3N3O4S. The second kappa shape index (κ2) is 13.6. The molecule has 0 spiro atoms. The highest BCUT2D eigenvalue weighted by Gasteiger charge is 2.32. The monoisotopic (exact) mass is 555 g/mol. The van der Waals surface area contributed by atoms with Crippen molar-refractivity contribution in [3.8, 4) is 0 Å². The van der Waals surface area contributed by atoms with Gasteiger partial charge >= 0.3 is 6.18 Å². The Balaban J connectivity index is 2.25. The van der Waals surface area contributed by atoms with Crippen LogP contribution in [-0.4, -0.2) is 50.5 Å². The highest BCUT2D eigenvalue weighted by atomic mass is 32.2. The number of aryl methyl sites for hydroxylation is 1. The number of nitrogens with one attached hydrogen (secondary N) is 1. The number of carbonyl (C=O) groups excluding carboxylic acids is 2. The molecule has 2 amide bonds. The second-order valence-electron chi connectivity index (χ2n) is 9.21. The number of hydrogen-bond donors (Lipinski definition) is 1. The van der Waals surface area contributed by atoms with Gasteiger partial charge in [0.05, 0.1) is 17.5 Å². The summed E-state index contributed by atoms with van der Waals surface area (Å²) in [7, 11) is -3.92. The summed E-state index contributed by atoms with van der Waals surface area (Å²) in [4.78, 5) is 27.8. The molecule has 2 aromatic rings. The minimum Gasteiger partial charge on any atom is -0.354 e. The Morgan fingerprint density at radius 1 is 1.05 bits per heavy atom. The molecule has 0 saturated heterocycles. The van der Waals surface area contributed by atoms with Crippen molar-refractivity contribution in [2.24, 2.45) is 0 Å². The molecular weight excluding hydrogens is 519 g/mol. The predicted molar refractivity (Wildman–Crippen MR) is 142 cm³/mol. The van der Waals surface area contributed by atoms with E-state index in [0.717, 1.165) is 46.3 Å². The van der Waals surface area contributed by atoms with E-state index in [1.807, 2.05) is 45.0 Å². The highest BCUT2D eigenvalue weighted by molar-refractivity contribution is 7.92. The normalized spacial score (nSPS) is 12.6. The van der Waals surface area contributed by atoms with Gasteiger partial charge in [-0.15, -0.1) is 0 Å². The predicted octanol–water partition coefficient (Wildman–Crippen LogP) is 4.89. The first-order valence-corrected chi connectivity index (χ1v) is 14.4. The molecule has 0 radical (unpaired) electrons. The average Bonchev–Trinajstić information content (AvgIpc) is 2.84. The minimum atomic E-state index is -4.63. The average molecular weight is 556 g/mol. The zero-order valence-electron chi connectivity index (χ0n) is 22.2. The Kier molecular flexibility index (Phi) is 11.2. The van der Waals surface area contributed by atoms with Gasteiger partial charge in [-0.25, -0.2) is 8.42 Å². The van der Waals surface area contributed by atoms with Gasteiger partial charge in [0, 0.05) is 26.1 Å². The van der Waals surface area contributed by atoms with Crippen LogP contribution in [0.15, 0.2) is 48.5 Å². The van der Waals surface area contributed by atoms with E-state index in [2.05, 4.69) is 5.32 Å². The Morgan fingerprint density at radius 2 is 1.74 bits per heavy atom. The standard InChI is InChI=1S/C27H36F3N3O4S/c1-5-15-31-26(35)24(6-2)32(19-21-11-7-10-20(3)17-21)25(34)14-9-16-33(38(4,36)37)23-13-8-12-22(18-23)27(28,29)30/h7-8,10-13,17-18,24H,5-6,9,14-16,19H2,1-4H3,(H,31,35)/t24-/m1/s1. The molecule has 0 aliphatic rings. The third kappa shape index (κ3) is 9.04. The largest absolute Gasteiger partial charge is 0.416 e. The first-order chi connectivity index (χ1) is 17.8. The maximum absolute atomic E-state index is 13.4. The second-order valence-corrected chi connectivity index (χ2v) is 11.1. The lowest BCUT2D eigenvalue weighted by molar-refractivity contribution is -0.141. The summed E-state index contributed by atoms with van der Waals surface area (Å²) < 4.78 is 65.2. The van der Waals surface area contributed by atoms with Crippen LogP contribution in [0.1, 0.15) is 56.2 Å². The fourth-order valence-corrected chi connectivity index (χ4v) is 5.09. The van der Waals surface area contributed by atoms with E-state index < -0.39 is 27.8 Å². The number of amides is 2. The van der Waals surface area contributed by atoms with Crippen molar-refractivity contribution in [1.29, 1.82) is 0 Å². The van der Waals surface area contributed by atoms with Gasteiger partial charge in [-0.1, -0.05) is 49.7 Å². The first-order valence-electron chi connectivity index (χ1n) is 12.6. The van der Waals surface area contributed by atoms with E-state index >= 15 is 0 Å². The van der Waals surface area contributed by atoms with Crippen LogP contribution in [0.5, 0.6) is 0 Å². The summed E-state index contributed by atoms with van der Waals surface area (Å²) in [6.45, 7) is 6.14. The van der Waals surface area contributed by atoms with Gasteiger partial charge in [0.2, 0.25) is 21.8 Å². The number of rotatable bonds is 13. The quantitative estimate of drug-likeness (QED) is 0.381. The number of carbonyl (C=O) groups is 2. The summed E-state index contributed by atoms with van der Waals surface area (Å²) in [5.74, 6) is -0.612. The molecule has 0 saturated carbocycles. The van der Waals surface area contributed by atoms with E-state index in [9.17, 15) is 31.2 Å². The van der Waals surface area contributed by atoms with Gasteiger partial charge in [-0.3, -0.25) is 13.9 Å². The summed E-state index contributed by atoms with van der Waals surface area (Å²) in [5.41, 5.74) is 0.759. The van der Waals surface area contributed by atoms with Crippen LogP contribution in [0, 0.1) is 6.92 Å². The maximum atomic E-state index is 13.4. The fraction of sp³-hybridized carbons (Fsp3) is 0.481. The molecule has 0 aliphatic heterocycles. The van der Waals surface area contributed by atoms with E-state index in [1.165, 1.54) is 11.0 Å². The molecule has 11 heteroatoms. The van der Waals surface area contributed by atoms with Crippen molar-refractivity contribution in [3.05, 3.63) is 65.2 Å². The van der Waals surface area contributed by atoms with Gasteiger partial charge in [0.1, 0.15) is 6.04 Å². The molecule has 1 atom stereocenters. The zero-order chi connectivity index (χ0) is 28.5. The highest BCUT2D eigenvalue weighted by Crippen LogP contribution is 2.32. The number of anilines is 1. The third-order valence-corrected chi connectivity index (χ3v) is 7.18. The molecule has 0 aromatic heterocycles.